The Hall–Kier alpha value is -3.86. The van der Waals surface area contributed by atoms with Crippen molar-refractivity contribution in [3.05, 3.63) is 70.3 Å². The number of thioether (sulfide) groups is 2. The van der Waals surface area contributed by atoms with Gasteiger partial charge < -0.3 is 24.0 Å². The summed E-state index contributed by atoms with van der Waals surface area (Å²) in [6, 6.07) is 14.5. The van der Waals surface area contributed by atoms with Crippen LogP contribution in [0.3, 0.4) is 0 Å². The lowest BCUT2D eigenvalue weighted by Crippen LogP contribution is -2.52. The van der Waals surface area contributed by atoms with Crippen LogP contribution in [0.2, 0.25) is 10.0 Å². The van der Waals surface area contributed by atoms with Gasteiger partial charge in [-0.15, -0.1) is 15.0 Å². The molecule has 6 rings (SSSR count). The molecule has 0 N–H and O–H groups in total. The zero-order valence-corrected chi connectivity index (χ0v) is 34.1. The minimum absolute atomic E-state index is 0.128. The number of rotatable bonds is 4. The Morgan fingerprint density at radius 2 is 1.60 bits per heavy atom. The van der Waals surface area contributed by atoms with E-state index in [0.717, 1.165) is 46.8 Å². The minimum Gasteiger partial charge on any atom is -0.444 e. The number of piperidine rings is 1. The first-order chi connectivity index (χ1) is 25.4. The molecule has 2 fully saturated rings. The number of benzene rings is 2. The third-order valence-corrected chi connectivity index (χ3v) is 10.4. The predicted octanol–water partition coefficient (Wildman–Crippen LogP) is 7.52. The van der Waals surface area contributed by atoms with Crippen LogP contribution in [-0.2, 0) is 4.74 Å². The summed E-state index contributed by atoms with van der Waals surface area (Å²) in [6.45, 7) is 7.97. The molecule has 18 heteroatoms. The van der Waals surface area contributed by atoms with Gasteiger partial charge in [-0.05, 0) is 88.1 Å². The minimum atomic E-state index is -0.566. The number of aromatic nitrogens is 6. The van der Waals surface area contributed by atoms with Crippen LogP contribution < -0.4 is 0 Å². The average Bonchev–Trinajstić information content (AvgIpc) is 3.84. The van der Waals surface area contributed by atoms with E-state index in [1.54, 1.807) is 35.8 Å². The first-order valence-corrected chi connectivity index (χ1v) is 20.3. The Morgan fingerprint density at radius 3 is 2.25 bits per heavy atom. The Balaban J connectivity index is 0.000000211. The molecule has 0 radical (unpaired) electrons. The maximum absolute atomic E-state index is 12.6. The van der Waals surface area contributed by atoms with Crippen molar-refractivity contribution in [2.24, 2.45) is 9.98 Å². The molecule has 2 aliphatic rings. The van der Waals surface area contributed by atoms with Gasteiger partial charge in [0, 0.05) is 49.3 Å². The van der Waals surface area contributed by atoms with Crippen LogP contribution in [0.25, 0.3) is 17.1 Å². The normalized spacial score (nSPS) is 18.5. The molecular formula is C35H45Cl2N11O3S2. The zero-order chi connectivity index (χ0) is 38.1. The van der Waals surface area contributed by atoms with Crippen LogP contribution >= 0.6 is 46.7 Å². The number of ether oxygens (including phenoxy) is 1. The molecule has 2 aliphatic heterocycles. The van der Waals surface area contributed by atoms with Crippen molar-refractivity contribution in [1.29, 1.82) is 0 Å². The topological polar surface area (TPSA) is 143 Å². The van der Waals surface area contributed by atoms with E-state index in [1.807, 2.05) is 76.7 Å². The molecule has 53 heavy (non-hydrogen) atoms. The molecule has 0 spiro atoms. The third kappa shape index (κ3) is 10.4. The summed E-state index contributed by atoms with van der Waals surface area (Å²) in [6.07, 6.45) is 6.99. The number of piperazine rings is 1. The van der Waals surface area contributed by atoms with E-state index in [4.69, 9.17) is 32.5 Å². The first kappa shape index (κ1) is 40.3. The van der Waals surface area contributed by atoms with Gasteiger partial charge in [-0.25, -0.2) is 4.79 Å². The summed E-state index contributed by atoms with van der Waals surface area (Å²) in [5.74, 6) is 1.59. The highest BCUT2D eigenvalue weighted by molar-refractivity contribution is 8.13. The summed E-state index contributed by atoms with van der Waals surface area (Å²) < 4.78 is 11.2. The number of amidine groups is 2. The van der Waals surface area contributed by atoms with E-state index in [2.05, 4.69) is 45.3 Å². The summed E-state index contributed by atoms with van der Waals surface area (Å²) in [5, 5.41) is 20.3. The lowest BCUT2D eigenvalue weighted by atomic mass is 10.0. The summed E-state index contributed by atoms with van der Waals surface area (Å²) >= 11 is 15.3. The van der Waals surface area contributed by atoms with Crippen LogP contribution in [-0.4, -0.2) is 120 Å². The molecule has 2 atom stereocenters. The van der Waals surface area contributed by atoms with Gasteiger partial charge in [0.05, 0.1) is 18.3 Å². The lowest BCUT2D eigenvalue weighted by molar-refractivity contribution is 0.00990. The fraction of sp³-hybridized carbons (Fsp3) is 0.486. The van der Waals surface area contributed by atoms with E-state index in [1.165, 1.54) is 23.0 Å². The second kappa shape index (κ2) is 18.5. The SMILES string of the molecule is CN=C(SC)N1CCCCC1c1nnn(-c2cccc(Cl)c2)n1.CN=C(SC)N1CCN(C(=O)OC(C)(C)C)CC1c1nc(-c2cccc(Cl)c2)no1. The maximum Gasteiger partial charge on any atom is 0.410 e. The number of hydrogen-bond donors (Lipinski definition) is 0. The predicted molar refractivity (Wildman–Crippen MR) is 213 cm³/mol. The van der Waals surface area contributed by atoms with Crippen LogP contribution in [0.4, 0.5) is 4.79 Å². The molecule has 2 unspecified atom stereocenters. The molecule has 2 saturated heterocycles. The van der Waals surface area contributed by atoms with Crippen LogP contribution in [0, 0.1) is 0 Å². The molecule has 2 aromatic heterocycles. The number of tetrazole rings is 1. The summed E-state index contributed by atoms with van der Waals surface area (Å²) in [7, 11) is 3.57. The molecule has 284 valence electrons. The largest absolute Gasteiger partial charge is 0.444 e. The van der Waals surface area contributed by atoms with E-state index < -0.39 is 5.60 Å². The van der Waals surface area contributed by atoms with E-state index >= 15 is 0 Å². The van der Waals surface area contributed by atoms with Gasteiger partial charge in [-0.3, -0.25) is 9.98 Å². The fourth-order valence-corrected chi connectivity index (χ4v) is 7.65. The van der Waals surface area contributed by atoms with Gasteiger partial charge in [-0.2, -0.15) is 4.98 Å². The van der Waals surface area contributed by atoms with Crippen molar-refractivity contribution in [1.82, 2.24) is 45.0 Å². The number of likely N-dealkylation sites (tertiary alicyclic amines) is 1. The van der Waals surface area contributed by atoms with Gasteiger partial charge in [0.2, 0.25) is 5.82 Å². The van der Waals surface area contributed by atoms with Gasteiger partial charge in [0.1, 0.15) is 11.6 Å². The molecule has 1 amide bonds. The van der Waals surface area contributed by atoms with Gasteiger partial charge in [0.15, 0.2) is 16.2 Å². The number of aliphatic imine (C=N–C) groups is 2. The van der Waals surface area contributed by atoms with E-state index in [0.29, 0.717) is 41.4 Å². The van der Waals surface area contributed by atoms with E-state index in [9.17, 15) is 4.79 Å². The van der Waals surface area contributed by atoms with E-state index in [-0.39, 0.29) is 18.2 Å². The number of halogens is 2. The van der Waals surface area contributed by atoms with Crippen molar-refractivity contribution in [3.63, 3.8) is 0 Å². The number of amides is 1. The monoisotopic (exact) mass is 801 g/mol. The molecule has 0 bridgehead atoms. The first-order valence-electron chi connectivity index (χ1n) is 17.1. The smallest absolute Gasteiger partial charge is 0.410 e. The molecule has 4 aromatic rings. The molecule has 0 saturated carbocycles. The number of carbonyl (C=O) groups is 1. The third-order valence-electron chi connectivity index (χ3n) is 8.35. The Labute approximate surface area is 328 Å². The van der Waals surface area contributed by atoms with Gasteiger partial charge in [-0.1, -0.05) is 70.1 Å². The average molecular weight is 803 g/mol. The zero-order valence-electron chi connectivity index (χ0n) is 30.9. The summed E-state index contributed by atoms with van der Waals surface area (Å²) in [4.78, 5) is 33.6. The van der Waals surface area contributed by atoms with Gasteiger partial charge in [0.25, 0.3) is 5.89 Å². The van der Waals surface area contributed by atoms with Crippen molar-refractivity contribution in [2.45, 2.75) is 57.7 Å². The molecule has 14 nitrogen and oxygen atoms in total. The Bertz CT molecular complexity index is 1900. The highest BCUT2D eigenvalue weighted by atomic mass is 35.5. The highest BCUT2D eigenvalue weighted by Gasteiger charge is 2.37. The molecule has 4 heterocycles. The lowest BCUT2D eigenvalue weighted by Gasteiger charge is -2.40. The number of hydrogen-bond acceptors (Lipinski definition) is 12. The van der Waals surface area contributed by atoms with Gasteiger partial charge >= 0.3 is 6.09 Å². The number of carbonyl (C=O) groups excluding carboxylic acids is 1. The Kier molecular flexibility index (Phi) is 14.0. The van der Waals surface area contributed by atoms with Crippen LogP contribution in [0.5, 0.6) is 0 Å². The molecule has 2 aromatic carbocycles. The van der Waals surface area contributed by atoms with Crippen molar-refractivity contribution in [3.8, 4) is 17.1 Å². The quantitative estimate of drug-likeness (QED) is 0.149. The summed E-state index contributed by atoms with van der Waals surface area (Å²) in [5.41, 5.74) is 1.01. The molecule has 0 aliphatic carbocycles. The van der Waals surface area contributed by atoms with Crippen molar-refractivity contribution < 1.29 is 14.1 Å². The van der Waals surface area contributed by atoms with Crippen molar-refractivity contribution >= 4 is 63.2 Å². The fourth-order valence-electron chi connectivity index (χ4n) is 6.00. The van der Waals surface area contributed by atoms with Crippen molar-refractivity contribution in [2.75, 3.05) is 52.8 Å². The number of nitrogens with zero attached hydrogens (tertiary/aromatic N) is 11. The second-order valence-electron chi connectivity index (χ2n) is 13.1. The highest BCUT2D eigenvalue weighted by Crippen LogP contribution is 2.32. The van der Waals surface area contributed by atoms with Crippen LogP contribution in [0.15, 0.2) is 63.0 Å². The second-order valence-corrected chi connectivity index (χ2v) is 15.6. The molecular weight excluding hydrogens is 757 g/mol. The Morgan fingerprint density at radius 1 is 0.925 bits per heavy atom. The van der Waals surface area contributed by atoms with Crippen LogP contribution in [0.1, 0.15) is 63.8 Å². The maximum atomic E-state index is 12.6. The standard InChI is InChI=1S/C20H26ClN5O3S.C15H19ClN6S/c1-20(2,3)28-19(27)25-9-10-26(18(22-4)30-5)15(12-25)17-23-16(24-29-17)13-7-6-8-14(21)11-13;1-17-15(23-2)21-9-4-3-8-13(21)14-18-20-22(19-14)12-7-5-6-11(16)10-12/h6-8,11,15H,9-10,12H2,1-5H3;5-7,10,13H,3-4,8-9H2,1-2H3.